The summed E-state index contributed by atoms with van der Waals surface area (Å²) < 4.78 is 0. The fourth-order valence-corrected chi connectivity index (χ4v) is 0.568. The van der Waals surface area contributed by atoms with Gasteiger partial charge in [0.2, 0.25) is 0 Å². The van der Waals surface area contributed by atoms with Gasteiger partial charge < -0.3 is 0 Å². The Hall–Kier alpha value is -0.300. The molecule has 1 nitrogen and oxygen atoms in total. The van der Waals surface area contributed by atoms with Crippen LogP contribution in [0.4, 0.5) is 0 Å². The summed E-state index contributed by atoms with van der Waals surface area (Å²) in [5.74, 6) is 0.0247. The van der Waals surface area contributed by atoms with Crippen molar-refractivity contribution < 1.29 is 4.79 Å². The average Bonchev–Trinajstić information content (AvgIpc) is 1.84. The molecule has 0 unspecified atom stereocenters. The van der Waals surface area contributed by atoms with Crippen molar-refractivity contribution in [2.24, 2.45) is 0 Å². The molecule has 0 bridgehead atoms. The van der Waals surface area contributed by atoms with E-state index in [2.05, 4.69) is 0 Å². The number of hydrogen-bond donors (Lipinski definition) is 0. The standard InChI is InChI=1S/C7H11ClO/c1-4-6(9)7(8)5(2)3/h4H2,1-3H3. The fraction of sp³-hybridized carbons (Fsp3) is 0.571. The number of allylic oxidation sites excluding steroid dienone is 2. The molecule has 0 amide bonds. The number of hydrogen-bond acceptors (Lipinski definition) is 1. The van der Waals surface area contributed by atoms with Gasteiger partial charge in [-0.25, -0.2) is 0 Å². The third-order valence-corrected chi connectivity index (χ3v) is 1.59. The molecule has 2 heteroatoms. The summed E-state index contributed by atoms with van der Waals surface area (Å²) in [5, 5.41) is 0.387. The van der Waals surface area contributed by atoms with E-state index in [1.807, 2.05) is 13.8 Å². The summed E-state index contributed by atoms with van der Waals surface area (Å²) in [6.45, 7) is 5.46. The molecule has 0 N–H and O–H groups in total. The predicted octanol–water partition coefficient (Wildman–Crippen LogP) is 2.50. The summed E-state index contributed by atoms with van der Waals surface area (Å²) >= 11 is 5.60. The van der Waals surface area contributed by atoms with Gasteiger partial charge in [-0.05, 0) is 13.8 Å². The number of ketones is 1. The zero-order valence-corrected chi connectivity index (χ0v) is 6.75. The lowest BCUT2D eigenvalue weighted by atomic mass is 10.2. The normalized spacial score (nSPS) is 8.89. The lowest BCUT2D eigenvalue weighted by Gasteiger charge is -1.94. The molecule has 0 aromatic rings. The molecule has 0 spiro atoms. The van der Waals surface area contributed by atoms with E-state index in [-0.39, 0.29) is 5.78 Å². The first-order valence-electron chi connectivity index (χ1n) is 2.95. The molecule has 0 radical (unpaired) electrons. The number of rotatable bonds is 2. The summed E-state index contributed by atoms with van der Waals surface area (Å²) in [5.41, 5.74) is 0.892. The van der Waals surface area contributed by atoms with Gasteiger partial charge >= 0.3 is 0 Å². The molecule has 0 rings (SSSR count). The van der Waals surface area contributed by atoms with Crippen molar-refractivity contribution in [1.29, 1.82) is 0 Å². The Morgan fingerprint density at radius 1 is 1.44 bits per heavy atom. The quantitative estimate of drug-likeness (QED) is 0.547. The SMILES string of the molecule is CCC(=O)C(Cl)=C(C)C. The van der Waals surface area contributed by atoms with Gasteiger partial charge in [-0.3, -0.25) is 4.79 Å². The molecular weight excluding hydrogens is 136 g/mol. The Bertz CT molecular complexity index is 143. The zero-order valence-electron chi connectivity index (χ0n) is 5.99. The summed E-state index contributed by atoms with van der Waals surface area (Å²) in [7, 11) is 0. The van der Waals surface area contributed by atoms with Crippen LogP contribution in [0.25, 0.3) is 0 Å². The number of carbonyl (C=O) groups is 1. The summed E-state index contributed by atoms with van der Waals surface area (Å²) in [6.07, 6.45) is 0.490. The second-order valence-corrected chi connectivity index (χ2v) is 2.47. The van der Waals surface area contributed by atoms with Crippen LogP contribution in [0.2, 0.25) is 0 Å². The van der Waals surface area contributed by atoms with Gasteiger partial charge in [0.25, 0.3) is 0 Å². The minimum atomic E-state index is 0.0247. The van der Waals surface area contributed by atoms with Crippen LogP contribution >= 0.6 is 11.6 Å². The van der Waals surface area contributed by atoms with Crippen molar-refractivity contribution in [2.45, 2.75) is 27.2 Å². The van der Waals surface area contributed by atoms with Crippen LogP contribution < -0.4 is 0 Å². The molecule has 0 fully saturated rings. The molecule has 9 heavy (non-hydrogen) atoms. The van der Waals surface area contributed by atoms with Crippen molar-refractivity contribution in [2.75, 3.05) is 0 Å². The van der Waals surface area contributed by atoms with Crippen molar-refractivity contribution in [3.05, 3.63) is 10.6 Å². The molecule has 0 atom stereocenters. The van der Waals surface area contributed by atoms with Gasteiger partial charge in [-0.15, -0.1) is 0 Å². The van der Waals surface area contributed by atoms with Gasteiger partial charge in [0, 0.05) is 6.42 Å². The third-order valence-electron chi connectivity index (χ3n) is 1.00. The predicted molar refractivity (Wildman–Crippen MR) is 39.5 cm³/mol. The Balaban J connectivity index is 4.21. The first-order chi connectivity index (χ1) is 4.09. The van der Waals surface area contributed by atoms with E-state index in [0.717, 1.165) is 5.57 Å². The van der Waals surface area contributed by atoms with Crippen LogP contribution in [-0.2, 0) is 4.79 Å². The van der Waals surface area contributed by atoms with Gasteiger partial charge in [0.05, 0.1) is 5.03 Å². The van der Waals surface area contributed by atoms with Gasteiger partial charge in [0.1, 0.15) is 0 Å². The molecule has 0 heterocycles. The highest BCUT2D eigenvalue weighted by atomic mass is 35.5. The van der Waals surface area contributed by atoms with Gasteiger partial charge in [-0.1, -0.05) is 24.1 Å². The minimum absolute atomic E-state index is 0.0247. The zero-order chi connectivity index (χ0) is 7.44. The summed E-state index contributed by atoms with van der Waals surface area (Å²) in [4.78, 5) is 10.8. The third kappa shape index (κ3) is 2.66. The van der Waals surface area contributed by atoms with Crippen molar-refractivity contribution >= 4 is 17.4 Å². The molecule has 0 aliphatic heterocycles. The number of halogens is 1. The van der Waals surface area contributed by atoms with Gasteiger partial charge in [-0.2, -0.15) is 0 Å². The monoisotopic (exact) mass is 146 g/mol. The Morgan fingerprint density at radius 3 is 2.00 bits per heavy atom. The highest BCUT2D eigenvalue weighted by Gasteiger charge is 2.03. The minimum Gasteiger partial charge on any atom is -0.293 e. The molecule has 0 saturated heterocycles. The van der Waals surface area contributed by atoms with Crippen molar-refractivity contribution in [3.63, 3.8) is 0 Å². The molecule has 0 aromatic carbocycles. The molecule has 0 saturated carbocycles. The largest absolute Gasteiger partial charge is 0.293 e. The van der Waals surface area contributed by atoms with Crippen LogP contribution in [0.15, 0.2) is 10.6 Å². The maximum Gasteiger partial charge on any atom is 0.173 e. The van der Waals surface area contributed by atoms with Crippen LogP contribution in [0.3, 0.4) is 0 Å². The smallest absolute Gasteiger partial charge is 0.173 e. The first kappa shape index (κ1) is 8.70. The number of carbonyl (C=O) groups excluding carboxylic acids is 1. The molecule has 52 valence electrons. The van der Waals surface area contributed by atoms with E-state index >= 15 is 0 Å². The van der Waals surface area contributed by atoms with E-state index in [1.54, 1.807) is 6.92 Å². The summed E-state index contributed by atoms with van der Waals surface area (Å²) in [6, 6.07) is 0. The van der Waals surface area contributed by atoms with E-state index in [1.165, 1.54) is 0 Å². The van der Waals surface area contributed by atoms with Gasteiger partial charge in [0.15, 0.2) is 5.78 Å². The highest BCUT2D eigenvalue weighted by molar-refractivity contribution is 6.42. The average molecular weight is 147 g/mol. The van der Waals surface area contributed by atoms with Crippen LogP contribution in [0.1, 0.15) is 27.2 Å². The Kier molecular flexibility index (Phi) is 3.55. The van der Waals surface area contributed by atoms with E-state index in [9.17, 15) is 4.79 Å². The first-order valence-corrected chi connectivity index (χ1v) is 3.33. The maximum atomic E-state index is 10.8. The van der Waals surface area contributed by atoms with E-state index < -0.39 is 0 Å². The lowest BCUT2D eigenvalue weighted by Crippen LogP contribution is -1.95. The highest BCUT2D eigenvalue weighted by Crippen LogP contribution is 2.10. The second kappa shape index (κ2) is 3.67. The Labute approximate surface area is 60.7 Å². The van der Waals surface area contributed by atoms with Crippen molar-refractivity contribution in [1.82, 2.24) is 0 Å². The van der Waals surface area contributed by atoms with Crippen LogP contribution in [-0.4, -0.2) is 5.78 Å². The molecule has 0 aliphatic rings. The maximum absolute atomic E-state index is 10.8. The lowest BCUT2D eigenvalue weighted by molar-refractivity contribution is -0.114. The molecular formula is C7H11ClO. The Morgan fingerprint density at radius 2 is 1.89 bits per heavy atom. The second-order valence-electron chi connectivity index (χ2n) is 2.09. The fourth-order valence-electron chi connectivity index (χ4n) is 0.434. The molecule has 0 aromatic heterocycles. The molecule has 0 aliphatic carbocycles. The number of Topliss-reactive ketones (excluding diaryl/α,β-unsaturated/α-hetero) is 1. The van der Waals surface area contributed by atoms with E-state index in [0.29, 0.717) is 11.5 Å². The van der Waals surface area contributed by atoms with Crippen LogP contribution in [0.5, 0.6) is 0 Å². The van der Waals surface area contributed by atoms with E-state index in [4.69, 9.17) is 11.6 Å². The topological polar surface area (TPSA) is 17.1 Å². The van der Waals surface area contributed by atoms with Crippen molar-refractivity contribution in [3.8, 4) is 0 Å². The van der Waals surface area contributed by atoms with Crippen LogP contribution in [0, 0.1) is 0 Å².